The van der Waals surface area contributed by atoms with E-state index in [0.717, 1.165) is 11.1 Å². The second kappa shape index (κ2) is 9.27. The molecule has 168 valence electrons. The number of hydrogen-bond acceptors (Lipinski definition) is 6. The van der Waals surface area contributed by atoms with Crippen LogP contribution in [-0.2, 0) is 10.0 Å². The Morgan fingerprint density at radius 1 is 0.938 bits per heavy atom. The molecule has 0 bridgehead atoms. The summed E-state index contributed by atoms with van der Waals surface area (Å²) in [6.07, 6.45) is 0. The van der Waals surface area contributed by atoms with Crippen molar-refractivity contribution >= 4 is 27.3 Å². The van der Waals surface area contributed by atoms with E-state index in [4.69, 9.17) is 9.47 Å². The van der Waals surface area contributed by atoms with Gasteiger partial charge in [-0.05, 0) is 62.2 Å². The van der Waals surface area contributed by atoms with Crippen molar-refractivity contribution in [1.82, 2.24) is 4.98 Å². The molecule has 3 rings (SSSR count). The highest BCUT2D eigenvalue weighted by molar-refractivity contribution is 7.92. The topological polar surface area (TPSA) is 107 Å². The number of nitrogens with zero attached hydrogens (tertiary/aromatic N) is 1. The molecular formula is C23H25N3O5S. The smallest absolute Gasteiger partial charge is 0.265 e. The van der Waals surface area contributed by atoms with E-state index in [-0.39, 0.29) is 27.8 Å². The van der Waals surface area contributed by atoms with E-state index in [1.54, 1.807) is 25.1 Å². The summed E-state index contributed by atoms with van der Waals surface area (Å²) in [4.78, 5) is 16.9. The molecule has 0 aliphatic rings. The van der Waals surface area contributed by atoms with E-state index in [9.17, 15) is 13.2 Å². The molecule has 8 nitrogen and oxygen atoms in total. The maximum Gasteiger partial charge on any atom is 0.265 e. The summed E-state index contributed by atoms with van der Waals surface area (Å²) in [5.41, 5.74) is 3.28. The number of carbonyl (C=O) groups is 1. The number of carbonyl (C=O) groups excluding carboxylic acids is 1. The van der Waals surface area contributed by atoms with Crippen molar-refractivity contribution in [3.63, 3.8) is 0 Å². The number of para-hydroxylation sites is 1. The van der Waals surface area contributed by atoms with Gasteiger partial charge in [0.1, 0.15) is 16.2 Å². The quantitative estimate of drug-likeness (QED) is 0.556. The lowest BCUT2D eigenvalue weighted by Crippen LogP contribution is -2.17. The zero-order valence-electron chi connectivity index (χ0n) is 18.5. The predicted molar refractivity (Wildman–Crippen MR) is 123 cm³/mol. The molecule has 0 saturated carbocycles. The van der Waals surface area contributed by atoms with Gasteiger partial charge in [0.05, 0.1) is 19.9 Å². The van der Waals surface area contributed by atoms with Crippen LogP contribution in [0.15, 0.2) is 53.4 Å². The van der Waals surface area contributed by atoms with Crippen LogP contribution in [0.5, 0.6) is 11.6 Å². The molecule has 0 fully saturated rings. The summed E-state index contributed by atoms with van der Waals surface area (Å²) in [6, 6.07) is 13.2. The van der Waals surface area contributed by atoms with Gasteiger partial charge in [0.2, 0.25) is 5.88 Å². The van der Waals surface area contributed by atoms with Gasteiger partial charge in [-0.15, -0.1) is 0 Å². The Kier molecular flexibility index (Phi) is 6.69. The number of nitrogens with one attached hydrogen (secondary N) is 2. The Morgan fingerprint density at radius 3 is 2.25 bits per heavy atom. The Morgan fingerprint density at radius 2 is 1.62 bits per heavy atom. The fourth-order valence-corrected chi connectivity index (χ4v) is 4.59. The number of hydrogen-bond donors (Lipinski definition) is 2. The number of aromatic nitrogens is 1. The maximum absolute atomic E-state index is 13.2. The van der Waals surface area contributed by atoms with E-state index < -0.39 is 15.9 Å². The average Bonchev–Trinajstić information content (AvgIpc) is 2.76. The number of pyridine rings is 1. The number of ether oxygens (including phenoxy) is 2. The Bertz CT molecular complexity index is 1250. The molecule has 0 radical (unpaired) electrons. The van der Waals surface area contributed by atoms with Gasteiger partial charge in [-0.3, -0.25) is 9.52 Å². The van der Waals surface area contributed by atoms with Crippen LogP contribution in [0, 0.1) is 20.8 Å². The second-order valence-corrected chi connectivity index (χ2v) is 8.85. The number of methoxy groups -OCH3 is 2. The van der Waals surface area contributed by atoms with Crippen molar-refractivity contribution in [3.05, 3.63) is 70.9 Å². The minimum atomic E-state index is -4.01. The minimum Gasteiger partial charge on any atom is -0.495 e. The Hall–Kier alpha value is -3.59. The average molecular weight is 456 g/mol. The molecule has 0 aliphatic heterocycles. The van der Waals surface area contributed by atoms with Crippen LogP contribution in [0.25, 0.3) is 0 Å². The molecule has 2 N–H and O–H groups in total. The van der Waals surface area contributed by atoms with E-state index >= 15 is 0 Å². The fourth-order valence-electron chi connectivity index (χ4n) is 3.19. The first kappa shape index (κ1) is 23.1. The molecule has 32 heavy (non-hydrogen) atoms. The summed E-state index contributed by atoms with van der Waals surface area (Å²) in [5.74, 6) is -0.151. The van der Waals surface area contributed by atoms with Crippen molar-refractivity contribution in [2.75, 3.05) is 24.3 Å². The highest BCUT2D eigenvalue weighted by Gasteiger charge is 2.23. The number of aryl methyl sites for hydroxylation is 3. The summed E-state index contributed by atoms with van der Waals surface area (Å²) in [5, 5.41) is 2.70. The van der Waals surface area contributed by atoms with Gasteiger partial charge in [0.25, 0.3) is 15.9 Å². The highest BCUT2D eigenvalue weighted by atomic mass is 32.2. The summed E-state index contributed by atoms with van der Waals surface area (Å²) in [7, 11) is -1.20. The molecule has 0 unspecified atom stereocenters. The molecule has 1 amide bonds. The second-order valence-electron chi connectivity index (χ2n) is 7.20. The summed E-state index contributed by atoms with van der Waals surface area (Å²) < 4.78 is 39.5. The fraction of sp³-hybridized carbons (Fsp3) is 0.217. The molecule has 9 heteroatoms. The third-order valence-electron chi connectivity index (χ3n) is 4.87. The number of amides is 1. The van der Waals surface area contributed by atoms with Crippen LogP contribution in [-0.4, -0.2) is 33.5 Å². The van der Waals surface area contributed by atoms with Crippen molar-refractivity contribution < 1.29 is 22.7 Å². The number of benzene rings is 2. The third kappa shape index (κ3) is 4.83. The van der Waals surface area contributed by atoms with Crippen molar-refractivity contribution in [3.8, 4) is 11.6 Å². The van der Waals surface area contributed by atoms with Crippen molar-refractivity contribution in [2.24, 2.45) is 0 Å². The van der Waals surface area contributed by atoms with Gasteiger partial charge in [0.15, 0.2) is 0 Å². The number of rotatable bonds is 7. The molecular weight excluding hydrogens is 430 g/mol. The van der Waals surface area contributed by atoms with Crippen molar-refractivity contribution in [2.45, 2.75) is 25.7 Å². The first-order chi connectivity index (χ1) is 15.2. The van der Waals surface area contributed by atoms with Crippen LogP contribution in [0.4, 0.5) is 11.4 Å². The molecule has 0 spiro atoms. The molecule has 3 aromatic rings. The molecule has 0 aliphatic carbocycles. The van der Waals surface area contributed by atoms with Crippen molar-refractivity contribution in [1.29, 1.82) is 0 Å². The van der Waals surface area contributed by atoms with Crippen LogP contribution < -0.4 is 19.5 Å². The van der Waals surface area contributed by atoms with Crippen LogP contribution in [0.3, 0.4) is 0 Å². The SMILES string of the molecule is COc1ccc(NC(=O)c2ccc(C)nc2OC)cc1S(=O)(=O)Nc1c(C)cccc1C. The largest absolute Gasteiger partial charge is 0.495 e. The maximum atomic E-state index is 13.2. The first-order valence-corrected chi connectivity index (χ1v) is 11.2. The first-order valence-electron chi connectivity index (χ1n) is 9.76. The highest BCUT2D eigenvalue weighted by Crippen LogP contribution is 2.31. The molecule has 1 heterocycles. The lowest BCUT2D eigenvalue weighted by Gasteiger charge is -2.16. The van der Waals surface area contributed by atoms with Gasteiger partial charge in [-0.1, -0.05) is 18.2 Å². The lowest BCUT2D eigenvalue weighted by atomic mass is 10.1. The molecule has 1 aromatic heterocycles. The van der Waals surface area contributed by atoms with Gasteiger partial charge in [0, 0.05) is 11.4 Å². The van der Waals surface area contributed by atoms with Gasteiger partial charge in [-0.25, -0.2) is 13.4 Å². The lowest BCUT2D eigenvalue weighted by molar-refractivity contribution is 0.102. The number of anilines is 2. The zero-order chi connectivity index (χ0) is 23.5. The Labute approximate surface area is 187 Å². The van der Waals surface area contributed by atoms with Crippen LogP contribution in [0.2, 0.25) is 0 Å². The van der Waals surface area contributed by atoms with Gasteiger partial charge >= 0.3 is 0 Å². The van der Waals surface area contributed by atoms with E-state index in [0.29, 0.717) is 11.4 Å². The monoisotopic (exact) mass is 455 g/mol. The van der Waals surface area contributed by atoms with Gasteiger partial charge in [-0.2, -0.15) is 0 Å². The molecule has 2 aromatic carbocycles. The minimum absolute atomic E-state index is 0.102. The van der Waals surface area contributed by atoms with Crippen LogP contribution >= 0.6 is 0 Å². The molecule has 0 saturated heterocycles. The van der Waals surface area contributed by atoms with E-state index in [2.05, 4.69) is 15.0 Å². The molecule has 0 atom stereocenters. The third-order valence-corrected chi connectivity index (χ3v) is 6.24. The van der Waals surface area contributed by atoms with Crippen LogP contribution in [0.1, 0.15) is 27.2 Å². The van der Waals surface area contributed by atoms with E-state index in [1.165, 1.54) is 26.4 Å². The summed E-state index contributed by atoms with van der Waals surface area (Å²) >= 11 is 0. The summed E-state index contributed by atoms with van der Waals surface area (Å²) in [6.45, 7) is 5.43. The van der Waals surface area contributed by atoms with Gasteiger partial charge < -0.3 is 14.8 Å². The standard InChI is InChI=1S/C23H25N3O5S/c1-14-7-6-8-15(2)21(14)26-32(28,29)20-13-17(10-12-19(20)30-4)25-22(27)18-11-9-16(3)24-23(18)31-5/h6-13,26H,1-5H3,(H,25,27). The van der Waals surface area contributed by atoms with E-state index in [1.807, 2.05) is 32.0 Å². The number of sulfonamides is 1. The Balaban J connectivity index is 1.96. The predicted octanol–water partition coefficient (Wildman–Crippen LogP) is 4.08. The normalized spacial score (nSPS) is 11.0. The zero-order valence-corrected chi connectivity index (χ0v) is 19.3.